The molecule has 0 unspecified atom stereocenters. The minimum atomic E-state index is -3.41. The van der Waals surface area contributed by atoms with E-state index in [1.807, 2.05) is 32.9 Å². The van der Waals surface area contributed by atoms with Gasteiger partial charge in [0.25, 0.3) is 0 Å². The Morgan fingerprint density at radius 3 is 2.25 bits per heavy atom. The number of hydrogen-bond donors (Lipinski definition) is 2. The first-order valence-corrected chi connectivity index (χ1v) is 8.66. The average molecular weight is 296 g/mol. The molecule has 1 aromatic rings. The summed E-state index contributed by atoms with van der Waals surface area (Å²) in [5, 5.41) is 3.29. The van der Waals surface area contributed by atoms with Crippen LogP contribution in [-0.2, 0) is 10.0 Å². The van der Waals surface area contributed by atoms with Crippen molar-refractivity contribution in [3.05, 3.63) is 28.8 Å². The standard InChI is InChI=1S/C15H24N2O2S/c1-11-8-12(2)15(13(3)9-11)20(18,19)17-10-14-4-6-16-7-5-14/h8-9,14,16-17H,4-7,10H2,1-3H3. The zero-order chi connectivity index (χ0) is 14.8. The highest BCUT2D eigenvalue weighted by molar-refractivity contribution is 7.89. The van der Waals surface area contributed by atoms with Gasteiger partial charge < -0.3 is 5.32 Å². The van der Waals surface area contributed by atoms with Crippen molar-refractivity contribution in [3.8, 4) is 0 Å². The Kier molecular flexibility index (Phi) is 4.83. The largest absolute Gasteiger partial charge is 0.317 e. The SMILES string of the molecule is Cc1cc(C)c(S(=O)(=O)NCC2CCNCC2)c(C)c1. The van der Waals surface area contributed by atoms with Crippen molar-refractivity contribution in [2.24, 2.45) is 5.92 Å². The third kappa shape index (κ3) is 3.59. The number of piperidine rings is 1. The molecule has 1 aliphatic rings. The third-order valence-corrected chi connectivity index (χ3v) is 5.62. The van der Waals surface area contributed by atoms with Gasteiger partial charge in [-0.2, -0.15) is 0 Å². The molecule has 0 amide bonds. The topological polar surface area (TPSA) is 58.2 Å². The second kappa shape index (κ2) is 6.24. The summed E-state index contributed by atoms with van der Waals surface area (Å²) in [4.78, 5) is 0.442. The molecule has 5 heteroatoms. The van der Waals surface area contributed by atoms with E-state index in [1.165, 1.54) is 0 Å². The van der Waals surface area contributed by atoms with Gasteiger partial charge in [-0.1, -0.05) is 17.7 Å². The van der Waals surface area contributed by atoms with Gasteiger partial charge in [0, 0.05) is 6.54 Å². The Hall–Kier alpha value is -0.910. The number of sulfonamides is 1. The van der Waals surface area contributed by atoms with Crippen molar-refractivity contribution in [1.82, 2.24) is 10.0 Å². The highest BCUT2D eigenvalue weighted by Gasteiger charge is 2.22. The van der Waals surface area contributed by atoms with E-state index >= 15 is 0 Å². The van der Waals surface area contributed by atoms with Gasteiger partial charge in [-0.05, 0) is 63.7 Å². The van der Waals surface area contributed by atoms with Crippen LogP contribution >= 0.6 is 0 Å². The van der Waals surface area contributed by atoms with Gasteiger partial charge in [-0.15, -0.1) is 0 Å². The van der Waals surface area contributed by atoms with Crippen molar-refractivity contribution >= 4 is 10.0 Å². The monoisotopic (exact) mass is 296 g/mol. The first kappa shape index (κ1) is 15.5. The smallest absolute Gasteiger partial charge is 0.241 e. The van der Waals surface area contributed by atoms with E-state index in [4.69, 9.17) is 0 Å². The molecule has 20 heavy (non-hydrogen) atoms. The molecule has 1 aromatic carbocycles. The summed E-state index contributed by atoms with van der Waals surface area (Å²) in [6, 6.07) is 3.85. The van der Waals surface area contributed by atoms with Gasteiger partial charge in [-0.25, -0.2) is 13.1 Å². The maximum atomic E-state index is 12.5. The van der Waals surface area contributed by atoms with E-state index in [-0.39, 0.29) is 0 Å². The van der Waals surface area contributed by atoms with Gasteiger partial charge in [-0.3, -0.25) is 0 Å². The first-order valence-electron chi connectivity index (χ1n) is 7.18. The van der Waals surface area contributed by atoms with Gasteiger partial charge >= 0.3 is 0 Å². The predicted molar refractivity (Wildman–Crippen MR) is 81.4 cm³/mol. The molecule has 1 aliphatic heterocycles. The van der Waals surface area contributed by atoms with E-state index in [1.54, 1.807) is 0 Å². The fraction of sp³-hybridized carbons (Fsp3) is 0.600. The zero-order valence-electron chi connectivity index (χ0n) is 12.5. The Morgan fingerprint density at radius 1 is 1.15 bits per heavy atom. The average Bonchev–Trinajstić information content (AvgIpc) is 2.36. The number of benzene rings is 1. The number of aryl methyl sites for hydroxylation is 3. The lowest BCUT2D eigenvalue weighted by atomic mass is 9.99. The maximum absolute atomic E-state index is 12.5. The van der Waals surface area contributed by atoms with Gasteiger partial charge in [0.2, 0.25) is 10.0 Å². The molecule has 4 nitrogen and oxygen atoms in total. The van der Waals surface area contributed by atoms with Crippen LogP contribution in [0, 0.1) is 26.7 Å². The zero-order valence-corrected chi connectivity index (χ0v) is 13.3. The normalized spacial score (nSPS) is 17.4. The van der Waals surface area contributed by atoms with E-state index in [9.17, 15) is 8.42 Å². The van der Waals surface area contributed by atoms with E-state index in [0.717, 1.165) is 42.6 Å². The minimum absolute atomic E-state index is 0.442. The van der Waals surface area contributed by atoms with E-state index in [0.29, 0.717) is 17.4 Å². The fourth-order valence-electron chi connectivity index (χ4n) is 2.98. The number of nitrogens with one attached hydrogen (secondary N) is 2. The summed E-state index contributed by atoms with van der Waals surface area (Å²) in [7, 11) is -3.41. The van der Waals surface area contributed by atoms with Crippen LogP contribution in [0.5, 0.6) is 0 Å². The van der Waals surface area contributed by atoms with Crippen LogP contribution in [0.4, 0.5) is 0 Å². The lowest BCUT2D eigenvalue weighted by Gasteiger charge is -2.23. The fourth-order valence-corrected chi connectivity index (χ4v) is 4.54. The van der Waals surface area contributed by atoms with Crippen LogP contribution in [0.2, 0.25) is 0 Å². The molecule has 0 spiro atoms. The van der Waals surface area contributed by atoms with Crippen molar-refractivity contribution in [2.75, 3.05) is 19.6 Å². The van der Waals surface area contributed by atoms with Crippen molar-refractivity contribution in [3.63, 3.8) is 0 Å². The summed E-state index contributed by atoms with van der Waals surface area (Å²) in [5.74, 6) is 0.442. The second-order valence-electron chi connectivity index (χ2n) is 5.77. The van der Waals surface area contributed by atoms with Crippen LogP contribution in [0.1, 0.15) is 29.5 Å². The van der Waals surface area contributed by atoms with E-state index in [2.05, 4.69) is 10.0 Å². The second-order valence-corrected chi connectivity index (χ2v) is 7.48. The molecule has 0 aliphatic carbocycles. The van der Waals surface area contributed by atoms with Gasteiger partial charge in [0.05, 0.1) is 4.90 Å². The Morgan fingerprint density at radius 2 is 1.70 bits per heavy atom. The van der Waals surface area contributed by atoms with Crippen LogP contribution in [0.3, 0.4) is 0 Å². The van der Waals surface area contributed by atoms with Crippen LogP contribution in [0.15, 0.2) is 17.0 Å². The Balaban J connectivity index is 2.14. The summed E-state index contributed by atoms with van der Waals surface area (Å²) < 4.78 is 27.8. The predicted octanol–water partition coefficient (Wildman–Crippen LogP) is 1.89. The van der Waals surface area contributed by atoms with Crippen LogP contribution in [0.25, 0.3) is 0 Å². The molecule has 0 saturated carbocycles. The molecule has 112 valence electrons. The lowest BCUT2D eigenvalue weighted by molar-refractivity contribution is 0.372. The molecule has 1 fully saturated rings. The summed E-state index contributed by atoms with van der Waals surface area (Å²) in [6.45, 7) is 8.21. The summed E-state index contributed by atoms with van der Waals surface area (Å²) in [5.41, 5.74) is 2.73. The lowest BCUT2D eigenvalue weighted by Crippen LogP contribution is -2.36. The first-order chi connectivity index (χ1) is 9.40. The summed E-state index contributed by atoms with van der Waals surface area (Å²) >= 11 is 0. The molecule has 2 rings (SSSR count). The molecule has 2 N–H and O–H groups in total. The highest BCUT2D eigenvalue weighted by Crippen LogP contribution is 2.22. The quantitative estimate of drug-likeness (QED) is 0.892. The van der Waals surface area contributed by atoms with Crippen molar-refractivity contribution in [1.29, 1.82) is 0 Å². The Labute approximate surface area is 122 Å². The van der Waals surface area contributed by atoms with Crippen molar-refractivity contribution < 1.29 is 8.42 Å². The minimum Gasteiger partial charge on any atom is -0.317 e. The number of hydrogen-bond acceptors (Lipinski definition) is 3. The maximum Gasteiger partial charge on any atom is 0.241 e. The molecule has 0 radical (unpaired) electrons. The molecule has 1 heterocycles. The van der Waals surface area contributed by atoms with Crippen LogP contribution < -0.4 is 10.0 Å². The number of rotatable bonds is 4. The highest BCUT2D eigenvalue weighted by atomic mass is 32.2. The van der Waals surface area contributed by atoms with Gasteiger partial charge in [0.15, 0.2) is 0 Å². The van der Waals surface area contributed by atoms with Gasteiger partial charge in [0.1, 0.15) is 0 Å². The molecular formula is C15H24N2O2S. The molecule has 1 saturated heterocycles. The third-order valence-electron chi connectivity index (χ3n) is 3.89. The molecule has 0 bridgehead atoms. The van der Waals surface area contributed by atoms with Crippen molar-refractivity contribution in [2.45, 2.75) is 38.5 Å². The summed E-state index contributed by atoms with van der Waals surface area (Å²) in [6.07, 6.45) is 2.07. The molecular weight excluding hydrogens is 272 g/mol. The molecule has 0 aromatic heterocycles. The van der Waals surface area contributed by atoms with Crippen LogP contribution in [-0.4, -0.2) is 28.1 Å². The molecule has 0 atom stereocenters. The Bertz CT molecular complexity index is 553. The van der Waals surface area contributed by atoms with E-state index < -0.39 is 10.0 Å².